The lowest BCUT2D eigenvalue weighted by Crippen LogP contribution is -2.34. The van der Waals surface area contributed by atoms with Gasteiger partial charge in [-0.3, -0.25) is 4.79 Å². The number of carbonyl (C=O) groups is 1. The minimum Gasteiger partial charge on any atom is -0.491 e. The van der Waals surface area contributed by atoms with Gasteiger partial charge < -0.3 is 29.0 Å². The maximum absolute atomic E-state index is 11.1. The summed E-state index contributed by atoms with van der Waals surface area (Å²) in [6, 6.07) is 38.1. The largest absolute Gasteiger partial charge is 0.491 e. The lowest BCUT2D eigenvalue weighted by atomic mass is 9.80. The van der Waals surface area contributed by atoms with Crippen LogP contribution in [0.15, 0.2) is 115 Å². The second-order valence-corrected chi connectivity index (χ2v) is 9.52. The number of ether oxygens (including phenoxy) is 5. The average molecular weight is 570 g/mol. The van der Waals surface area contributed by atoms with Crippen LogP contribution in [-0.4, -0.2) is 58.8 Å². The Morgan fingerprint density at radius 2 is 0.952 bits per heavy atom. The molecule has 0 atom stereocenters. The Balaban J connectivity index is 1.14. The first-order valence-electron chi connectivity index (χ1n) is 14.2. The number of hydrogen-bond acceptors (Lipinski definition) is 6. The van der Waals surface area contributed by atoms with Crippen LogP contribution in [0.5, 0.6) is 5.75 Å². The number of amides is 1. The summed E-state index contributed by atoms with van der Waals surface area (Å²) in [6.45, 7) is 5.11. The molecule has 0 saturated carbocycles. The fourth-order valence-corrected chi connectivity index (χ4v) is 4.62. The van der Waals surface area contributed by atoms with E-state index in [1.165, 1.54) is 6.92 Å². The Morgan fingerprint density at radius 1 is 0.548 bits per heavy atom. The molecule has 0 saturated heterocycles. The van der Waals surface area contributed by atoms with Crippen molar-refractivity contribution in [1.82, 2.24) is 0 Å². The van der Waals surface area contributed by atoms with Crippen molar-refractivity contribution in [2.45, 2.75) is 12.5 Å². The zero-order chi connectivity index (χ0) is 29.3. The number of rotatable bonds is 18. The molecule has 4 rings (SSSR count). The highest BCUT2D eigenvalue weighted by molar-refractivity contribution is 5.88. The van der Waals surface area contributed by atoms with Crippen molar-refractivity contribution >= 4 is 11.6 Å². The van der Waals surface area contributed by atoms with E-state index < -0.39 is 5.60 Å². The van der Waals surface area contributed by atoms with Crippen LogP contribution in [0.1, 0.15) is 23.6 Å². The molecule has 0 unspecified atom stereocenters. The van der Waals surface area contributed by atoms with Crippen molar-refractivity contribution in [2.24, 2.45) is 0 Å². The smallest absolute Gasteiger partial charge is 0.221 e. The van der Waals surface area contributed by atoms with Gasteiger partial charge in [-0.25, -0.2) is 0 Å². The van der Waals surface area contributed by atoms with Crippen molar-refractivity contribution in [2.75, 3.05) is 58.2 Å². The van der Waals surface area contributed by atoms with Gasteiger partial charge in [-0.1, -0.05) is 91.0 Å². The topological polar surface area (TPSA) is 75.3 Å². The first-order chi connectivity index (χ1) is 20.7. The molecule has 0 aromatic heterocycles. The molecule has 0 spiro atoms. The monoisotopic (exact) mass is 569 g/mol. The quantitative estimate of drug-likeness (QED) is 0.116. The number of nitrogens with one attached hydrogen (secondary N) is 1. The van der Waals surface area contributed by atoms with Crippen LogP contribution in [0.4, 0.5) is 5.69 Å². The molecule has 0 radical (unpaired) electrons. The predicted octanol–water partition coefficient (Wildman–Crippen LogP) is 6.08. The van der Waals surface area contributed by atoms with Crippen LogP contribution in [-0.2, 0) is 29.3 Å². The third kappa shape index (κ3) is 9.26. The zero-order valence-corrected chi connectivity index (χ0v) is 24.1. The minimum absolute atomic E-state index is 0.104. The van der Waals surface area contributed by atoms with Gasteiger partial charge in [-0.2, -0.15) is 0 Å². The first-order valence-corrected chi connectivity index (χ1v) is 14.2. The number of carbonyl (C=O) groups excluding carboxylic acids is 1. The molecule has 4 aromatic rings. The number of benzene rings is 4. The van der Waals surface area contributed by atoms with Gasteiger partial charge in [0.05, 0.1) is 46.2 Å². The summed E-state index contributed by atoms with van der Waals surface area (Å²) in [5.74, 6) is 0.617. The molecule has 0 aliphatic heterocycles. The van der Waals surface area contributed by atoms with Gasteiger partial charge in [0.25, 0.3) is 0 Å². The van der Waals surface area contributed by atoms with Crippen molar-refractivity contribution in [3.8, 4) is 5.75 Å². The second kappa shape index (κ2) is 17.1. The van der Waals surface area contributed by atoms with Gasteiger partial charge in [-0.05, 0) is 41.0 Å². The van der Waals surface area contributed by atoms with E-state index in [2.05, 4.69) is 41.7 Å². The van der Waals surface area contributed by atoms with E-state index in [-0.39, 0.29) is 5.91 Å². The molecule has 1 amide bonds. The predicted molar refractivity (Wildman–Crippen MR) is 164 cm³/mol. The minimum atomic E-state index is -0.749. The van der Waals surface area contributed by atoms with Crippen LogP contribution < -0.4 is 10.1 Å². The molecule has 0 bridgehead atoms. The summed E-state index contributed by atoms with van der Waals surface area (Å²) < 4.78 is 29.4. The zero-order valence-electron chi connectivity index (χ0n) is 24.1. The van der Waals surface area contributed by atoms with Crippen molar-refractivity contribution in [1.29, 1.82) is 0 Å². The van der Waals surface area contributed by atoms with E-state index in [0.29, 0.717) is 52.9 Å². The Kier molecular flexibility index (Phi) is 12.6. The maximum Gasteiger partial charge on any atom is 0.221 e. The Hall–Kier alpha value is -4.01. The summed E-state index contributed by atoms with van der Waals surface area (Å²) in [6.07, 6.45) is 0. The van der Waals surface area contributed by atoms with Crippen LogP contribution in [0, 0.1) is 0 Å². The molecule has 0 fully saturated rings. The second-order valence-electron chi connectivity index (χ2n) is 9.52. The highest BCUT2D eigenvalue weighted by Gasteiger charge is 2.37. The van der Waals surface area contributed by atoms with Crippen LogP contribution >= 0.6 is 0 Å². The van der Waals surface area contributed by atoms with Gasteiger partial charge in [-0.15, -0.1) is 0 Å². The number of hydrogen-bond donors (Lipinski definition) is 1. The fraction of sp³-hybridized carbons (Fsp3) is 0.286. The average Bonchev–Trinajstić information content (AvgIpc) is 3.03. The Bertz CT molecular complexity index is 1200. The van der Waals surface area contributed by atoms with Crippen LogP contribution in [0.25, 0.3) is 0 Å². The van der Waals surface area contributed by atoms with Gasteiger partial charge in [0, 0.05) is 12.6 Å². The fourth-order valence-electron chi connectivity index (χ4n) is 4.62. The molecule has 4 aromatic carbocycles. The van der Waals surface area contributed by atoms with Gasteiger partial charge >= 0.3 is 0 Å². The van der Waals surface area contributed by atoms with E-state index in [1.807, 2.05) is 66.7 Å². The molecule has 7 nitrogen and oxygen atoms in total. The third-order valence-electron chi connectivity index (χ3n) is 6.50. The highest BCUT2D eigenvalue weighted by atomic mass is 16.6. The molecule has 220 valence electrons. The van der Waals surface area contributed by atoms with E-state index in [0.717, 1.165) is 28.1 Å². The van der Waals surface area contributed by atoms with Gasteiger partial charge in [0.1, 0.15) is 18.0 Å². The molecular formula is C35H39NO6. The lowest BCUT2D eigenvalue weighted by molar-refractivity contribution is -0.114. The molecule has 0 aliphatic carbocycles. The van der Waals surface area contributed by atoms with Crippen molar-refractivity contribution in [3.05, 3.63) is 132 Å². The van der Waals surface area contributed by atoms with Gasteiger partial charge in [0.15, 0.2) is 0 Å². The molecular weight excluding hydrogens is 530 g/mol. The van der Waals surface area contributed by atoms with E-state index >= 15 is 0 Å². The van der Waals surface area contributed by atoms with Crippen LogP contribution in [0.2, 0.25) is 0 Å². The van der Waals surface area contributed by atoms with E-state index in [9.17, 15) is 4.79 Å². The number of anilines is 1. The van der Waals surface area contributed by atoms with Crippen LogP contribution in [0.3, 0.4) is 0 Å². The van der Waals surface area contributed by atoms with Gasteiger partial charge in [0.2, 0.25) is 5.91 Å². The highest BCUT2D eigenvalue weighted by Crippen LogP contribution is 2.40. The third-order valence-corrected chi connectivity index (χ3v) is 6.50. The van der Waals surface area contributed by atoms with Crippen molar-refractivity contribution in [3.63, 3.8) is 0 Å². The standard InChI is InChI=1S/C35H39NO6/c1-29(37)36-33-17-19-34(20-18-33)41-27-25-39-23-21-38-22-24-40-26-28-42-35(30-11-5-2-6-12-30,31-13-7-3-8-14-31)32-15-9-4-10-16-32/h2-20H,21-28H2,1H3,(H,36,37). The summed E-state index contributed by atoms with van der Waals surface area (Å²) in [4.78, 5) is 11.1. The summed E-state index contributed by atoms with van der Waals surface area (Å²) in [7, 11) is 0. The Morgan fingerprint density at radius 3 is 1.38 bits per heavy atom. The molecule has 1 N–H and O–H groups in total. The van der Waals surface area contributed by atoms with Crippen molar-refractivity contribution < 1.29 is 28.5 Å². The molecule has 42 heavy (non-hydrogen) atoms. The first kappa shape index (κ1) is 30.9. The summed E-state index contributed by atoms with van der Waals surface area (Å²) in [5, 5.41) is 2.72. The maximum atomic E-state index is 11.1. The van der Waals surface area contributed by atoms with E-state index in [4.69, 9.17) is 23.7 Å². The molecule has 7 heteroatoms. The SMILES string of the molecule is CC(=O)Nc1ccc(OCCOCCOCCOCCOC(c2ccccc2)(c2ccccc2)c2ccccc2)cc1. The summed E-state index contributed by atoms with van der Waals surface area (Å²) >= 11 is 0. The molecule has 0 heterocycles. The normalized spacial score (nSPS) is 11.3. The Labute approximate surface area is 248 Å². The lowest BCUT2D eigenvalue weighted by Gasteiger charge is -2.36. The summed E-state index contributed by atoms with van der Waals surface area (Å²) in [5.41, 5.74) is 3.18. The van der Waals surface area contributed by atoms with E-state index in [1.54, 1.807) is 12.1 Å². The molecule has 0 aliphatic rings.